The Balaban J connectivity index is 3.06. The van der Waals surface area contributed by atoms with Crippen molar-refractivity contribution in [2.45, 2.75) is 13.0 Å². The molecule has 78 valence electrons. The van der Waals surface area contributed by atoms with Crippen LogP contribution in [0.15, 0.2) is 22.7 Å². The van der Waals surface area contributed by atoms with Gasteiger partial charge in [0, 0.05) is 6.07 Å². The molecule has 1 atom stereocenters. The normalized spacial score (nSPS) is 11.5. The fourth-order valence-electron chi connectivity index (χ4n) is 0.948. The predicted molar refractivity (Wildman–Crippen MR) is 56.5 cm³/mol. The highest BCUT2D eigenvalue weighted by molar-refractivity contribution is 9.10. The van der Waals surface area contributed by atoms with Crippen molar-refractivity contribution in [2.75, 3.05) is 0 Å². The standard InChI is InChI=1S/C9H7BrN2O3/c1-6(5-11)15-8-4-2-3-7(9(8)10)12(13)14/h2-4,6H,1H3. The molecular weight excluding hydrogens is 264 g/mol. The second-order valence-electron chi connectivity index (χ2n) is 2.74. The van der Waals surface area contributed by atoms with Crippen molar-refractivity contribution in [2.24, 2.45) is 0 Å². The summed E-state index contributed by atoms with van der Waals surface area (Å²) in [5.74, 6) is 0.290. The van der Waals surface area contributed by atoms with Crippen LogP contribution in [-0.2, 0) is 0 Å². The minimum Gasteiger partial charge on any atom is -0.474 e. The van der Waals surface area contributed by atoms with E-state index < -0.39 is 11.0 Å². The van der Waals surface area contributed by atoms with Gasteiger partial charge in [0.15, 0.2) is 6.10 Å². The highest BCUT2D eigenvalue weighted by atomic mass is 79.9. The highest BCUT2D eigenvalue weighted by Crippen LogP contribution is 2.34. The number of nitrogens with zero attached hydrogens (tertiary/aromatic N) is 2. The molecule has 0 fully saturated rings. The Bertz CT molecular complexity index is 428. The van der Waals surface area contributed by atoms with E-state index in [9.17, 15) is 10.1 Å². The molecular formula is C9H7BrN2O3. The van der Waals surface area contributed by atoms with Gasteiger partial charge in [0.2, 0.25) is 0 Å². The number of rotatable bonds is 3. The number of halogens is 1. The second-order valence-corrected chi connectivity index (χ2v) is 3.53. The molecule has 1 rings (SSSR count). The zero-order valence-electron chi connectivity index (χ0n) is 7.81. The average Bonchev–Trinajstić information content (AvgIpc) is 2.20. The first-order valence-electron chi connectivity index (χ1n) is 4.05. The summed E-state index contributed by atoms with van der Waals surface area (Å²) in [5, 5.41) is 19.1. The van der Waals surface area contributed by atoms with Crippen LogP contribution in [0.1, 0.15) is 6.92 Å². The van der Waals surface area contributed by atoms with Crippen LogP contribution in [0.3, 0.4) is 0 Å². The molecule has 0 aliphatic rings. The summed E-state index contributed by atoms with van der Waals surface area (Å²) in [4.78, 5) is 10.1. The van der Waals surface area contributed by atoms with Crippen LogP contribution >= 0.6 is 15.9 Å². The lowest BCUT2D eigenvalue weighted by Crippen LogP contribution is -2.08. The van der Waals surface area contributed by atoms with E-state index in [1.165, 1.54) is 12.1 Å². The van der Waals surface area contributed by atoms with Gasteiger partial charge in [0.1, 0.15) is 16.3 Å². The lowest BCUT2D eigenvalue weighted by molar-refractivity contribution is -0.385. The molecule has 0 bridgehead atoms. The lowest BCUT2D eigenvalue weighted by Gasteiger charge is -2.08. The number of ether oxygens (including phenoxy) is 1. The SMILES string of the molecule is CC(C#N)Oc1cccc([N+](=O)[O-])c1Br. The Morgan fingerprint density at radius 1 is 1.67 bits per heavy atom. The van der Waals surface area contributed by atoms with Crippen LogP contribution in [0.4, 0.5) is 5.69 Å². The molecule has 0 amide bonds. The molecule has 0 spiro atoms. The molecule has 1 aromatic carbocycles. The molecule has 5 nitrogen and oxygen atoms in total. The van der Waals surface area contributed by atoms with E-state index in [0.29, 0.717) is 5.75 Å². The first-order chi connectivity index (χ1) is 7.06. The van der Waals surface area contributed by atoms with Crippen LogP contribution in [0.2, 0.25) is 0 Å². The van der Waals surface area contributed by atoms with Gasteiger partial charge in [-0.25, -0.2) is 0 Å². The minimum atomic E-state index is -0.650. The lowest BCUT2D eigenvalue weighted by atomic mass is 10.3. The molecule has 0 heterocycles. The van der Waals surface area contributed by atoms with Gasteiger partial charge in [0.25, 0.3) is 5.69 Å². The fraction of sp³-hybridized carbons (Fsp3) is 0.222. The maximum atomic E-state index is 10.6. The van der Waals surface area contributed by atoms with Crippen LogP contribution < -0.4 is 4.74 Å². The van der Waals surface area contributed by atoms with Crippen molar-refractivity contribution in [1.29, 1.82) is 5.26 Å². The molecule has 0 aliphatic heterocycles. The Morgan fingerprint density at radius 2 is 2.33 bits per heavy atom. The molecule has 15 heavy (non-hydrogen) atoms. The van der Waals surface area contributed by atoms with Gasteiger partial charge in [-0.2, -0.15) is 5.26 Å². The molecule has 6 heteroatoms. The quantitative estimate of drug-likeness (QED) is 0.625. The first-order valence-corrected chi connectivity index (χ1v) is 4.84. The third kappa shape index (κ3) is 2.67. The molecule has 0 aromatic heterocycles. The molecule has 0 saturated heterocycles. The van der Waals surface area contributed by atoms with Crippen molar-refractivity contribution < 1.29 is 9.66 Å². The maximum absolute atomic E-state index is 10.6. The second kappa shape index (κ2) is 4.75. The highest BCUT2D eigenvalue weighted by Gasteiger charge is 2.16. The number of hydrogen-bond donors (Lipinski definition) is 0. The van der Waals surface area contributed by atoms with E-state index in [4.69, 9.17) is 10.00 Å². The summed E-state index contributed by atoms with van der Waals surface area (Å²) in [5.41, 5.74) is -0.0855. The van der Waals surface area contributed by atoms with Crippen LogP contribution in [0, 0.1) is 21.4 Å². The van der Waals surface area contributed by atoms with E-state index in [1.54, 1.807) is 13.0 Å². The van der Waals surface area contributed by atoms with Gasteiger partial charge in [0.05, 0.1) is 4.92 Å². The van der Waals surface area contributed by atoms with Crippen LogP contribution in [-0.4, -0.2) is 11.0 Å². The Morgan fingerprint density at radius 3 is 2.87 bits per heavy atom. The van der Waals surface area contributed by atoms with Gasteiger partial charge in [-0.15, -0.1) is 0 Å². The van der Waals surface area contributed by atoms with Gasteiger partial charge in [-0.3, -0.25) is 10.1 Å². The van der Waals surface area contributed by atoms with Gasteiger partial charge < -0.3 is 4.74 Å². The Labute approximate surface area is 94.6 Å². The fourth-order valence-corrected chi connectivity index (χ4v) is 1.45. The van der Waals surface area contributed by atoms with Crippen molar-refractivity contribution in [3.05, 3.63) is 32.8 Å². The third-order valence-electron chi connectivity index (χ3n) is 1.63. The van der Waals surface area contributed by atoms with E-state index in [0.717, 1.165) is 0 Å². The van der Waals surface area contributed by atoms with Crippen LogP contribution in [0.5, 0.6) is 5.75 Å². The van der Waals surface area contributed by atoms with Crippen molar-refractivity contribution in [3.8, 4) is 11.8 Å². The zero-order valence-corrected chi connectivity index (χ0v) is 9.39. The van der Waals surface area contributed by atoms with E-state index in [1.807, 2.05) is 6.07 Å². The van der Waals surface area contributed by atoms with Crippen LogP contribution in [0.25, 0.3) is 0 Å². The number of nitro benzene ring substituents is 1. The zero-order chi connectivity index (χ0) is 11.4. The van der Waals surface area contributed by atoms with Crippen molar-refractivity contribution in [1.82, 2.24) is 0 Å². The largest absolute Gasteiger partial charge is 0.474 e. The number of nitro groups is 1. The molecule has 0 aliphatic carbocycles. The average molecular weight is 271 g/mol. The summed E-state index contributed by atoms with van der Waals surface area (Å²) in [6.45, 7) is 1.56. The summed E-state index contributed by atoms with van der Waals surface area (Å²) in [7, 11) is 0. The maximum Gasteiger partial charge on any atom is 0.287 e. The molecule has 0 radical (unpaired) electrons. The monoisotopic (exact) mass is 270 g/mol. The van der Waals surface area contributed by atoms with Crippen molar-refractivity contribution >= 4 is 21.6 Å². The molecule has 1 unspecified atom stereocenters. The molecule has 0 saturated carbocycles. The predicted octanol–water partition coefficient (Wildman–Crippen LogP) is 2.65. The summed E-state index contributed by atoms with van der Waals surface area (Å²) in [6, 6.07) is 6.29. The smallest absolute Gasteiger partial charge is 0.287 e. The van der Waals surface area contributed by atoms with Gasteiger partial charge >= 0.3 is 0 Å². The van der Waals surface area contributed by atoms with Gasteiger partial charge in [-0.1, -0.05) is 6.07 Å². The number of nitriles is 1. The Hall–Kier alpha value is -1.61. The molecule has 0 N–H and O–H groups in total. The summed E-state index contributed by atoms with van der Waals surface area (Å²) < 4.78 is 5.42. The van der Waals surface area contributed by atoms with Crippen molar-refractivity contribution in [3.63, 3.8) is 0 Å². The summed E-state index contributed by atoms with van der Waals surface area (Å²) >= 11 is 3.06. The third-order valence-corrected chi connectivity index (χ3v) is 2.42. The molecule has 1 aromatic rings. The number of benzene rings is 1. The summed E-state index contributed by atoms with van der Waals surface area (Å²) in [6.07, 6.45) is -0.650. The van der Waals surface area contributed by atoms with E-state index in [-0.39, 0.29) is 10.2 Å². The first kappa shape index (κ1) is 11.5. The van der Waals surface area contributed by atoms with Gasteiger partial charge in [-0.05, 0) is 28.9 Å². The number of hydrogen-bond acceptors (Lipinski definition) is 4. The van der Waals surface area contributed by atoms with E-state index in [2.05, 4.69) is 15.9 Å². The minimum absolute atomic E-state index is 0.0855. The van der Waals surface area contributed by atoms with E-state index >= 15 is 0 Å². The Kier molecular flexibility index (Phi) is 3.63. The topological polar surface area (TPSA) is 76.2 Å².